The summed E-state index contributed by atoms with van der Waals surface area (Å²) < 4.78 is 29.1. The van der Waals surface area contributed by atoms with Gasteiger partial charge in [-0.05, 0) is 12.0 Å². The van der Waals surface area contributed by atoms with E-state index in [1.54, 1.807) is 7.05 Å². The number of nitrogens with zero attached hydrogens (tertiary/aromatic N) is 1. The van der Waals surface area contributed by atoms with Crippen LogP contribution in [0.1, 0.15) is 24.3 Å². The van der Waals surface area contributed by atoms with Crippen LogP contribution in [-0.2, 0) is 20.8 Å². The third-order valence-electron chi connectivity index (χ3n) is 2.48. The average molecular weight is 323 g/mol. The summed E-state index contributed by atoms with van der Waals surface area (Å²) in [6.45, 7) is 5.48. The second kappa shape index (κ2) is 7.10. The zero-order chi connectivity index (χ0) is 15.3. The van der Waals surface area contributed by atoms with E-state index >= 15 is 0 Å². The van der Waals surface area contributed by atoms with E-state index in [0.717, 1.165) is 0 Å². The molecular formula is C12H19ClN2O4S. The van der Waals surface area contributed by atoms with Crippen LogP contribution in [0.4, 0.5) is 0 Å². The summed E-state index contributed by atoms with van der Waals surface area (Å²) in [6, 6.07) is 1.24. The van der Waals surface area contributed by atoms with E-state index in [4.69, 9.17) is 15.4 Å². The van der Waals surface area contributed by atoms with Crippen LogP contribution >= 0.6 is 10.7 Å². The van der Waals surface area contributed by atoms with Crippen LogP contribution in [0.2, 0.25) is 0 Å². The molecule has 20 heavy (non-hydrogen) atoms. The topological polar surface area (TPSA) is 77.4 Å². The highest BCUT2D eigenvalue weighted by molar-refractivity contribution is 8.13. The summed E-state index contributed by atoms with van der Waals surface area (Å²) in [5.74, 6) is 0.0716. The molecule has 1 rings (SSSR count). The Balaban J connectivity index is 2.54. The van der Waals surface area contributed by atoms with Crippen LogP contribution in [0.15, 0.2) is 17.2 Å². The van der Waals surface area contributed by atoms with E-state index in [-0.39, 0.29) is 16.5 Å². The summed E-state index contributed by atoms with van der Waals surface area (Å²) >= 11 is 0. The lowest BCUT2D eigenvalue weighted by atomic mass is 10.2. The standard InChI is InChI=1S/C12H19ClN2O4S/c1-9(2)8-19-5-4-14-12(16)11-6-10(7-15(11)3)20(13,17)18/h6-7,9H,4-5,8H2,1-3H3,(H,14,16). The Morgan fingerprint density at radius 2 is 2.15 bits per heavy atom. The molecule has 0 aliphatic carbocycles. The summed E-state index contributed by atoms with van der Waals surface area (Å²) in [6.07, 6.45) is 1.30. The minimum Gasteiger partial charge on any atom is -0.379 e. The predicted molar refractivity (Wildman–Crippen MR) is 76.4 cm³/mol. The van der Waals surface area contributed by atoms with Crippen LogP contribution < -0.4 is 5.32 Å². The first-order chi connectivity index (χ1) is 9.21. The Labute approximate surface area is 123 Å². The first-order valence-electron chi connectivity index (χ1n) is 6.18. The van der Waals surface area contributed by atoms with Crippen LogP contribution in [0.25, 0.3) is 0 Å². The highest BCUT2D eigenvalue weighted by atomic mass is 35.7. The first kappa shape index (κ1) is 17.0. The molecule has 1 amide bonds. The smallest absolute Gasteiger partial charge is 0.268 e. The molecule has 0 saturated heterocycles. The van der Waals surface area contributed by atoms with Crippen LogP contribution in [0.3, 0.4) is 0 Å². The van der Waals surface area contributed by atoms with Crippen molar-refractivity contribution in [3.63, 3.8) is 0 Å². The van der Waals surface area contributed by atoms with Gasteiger partial charge in [0.05, 0.1) is 6.61 Å². The van der Waals surface area contributed by atoms with Crippen molar-refractivity contribution in [1.82, 2.24) is 9.88 Å². The fraction of sp³-hybridized carbons (Fsp3) is 0.583. The molecule has 0 bridgehead atoms. The Morgan fingerprint density at radius 1 is 1.50 bits per heavy atom. The summed E-state index contributed by atoms with van der Waals surface area (Å²) in [4.78, 5) is 11.8. The largest absolute Gasteiger partial charge is 0.379 e. The molecule has 114 valence electrons. The zero-order valence-electron chi connectivity index (χ0n) is 11.7. The second-order valence-corrected chi connectivity index (χ2v) is 7.40. The molecule has 0 saturated carbocycles. The second-order valence-electron chi connectivity index (χ2n) is 4.83. The quantitative estimate of drug-likeness (QED) is 0.607. The van der Waals surface area contributed by atoms with Crippen molar-refractivity contribution in [2.45, 2.75) is 18.7 Å². The van der Waals surface area contributed by atoms with E-state index < -0.39 is 9.05 Å². The first-order valence-corrected chi connectivity index (χ1v) is 8.49. The van der Waals surface area contributed by atoms with Gasteiger partial charge in [0.1, 0.15) is 10.6 Å². The number of nitrogens with one attached hydrogen (secondary N) is 1. The Bertz CT molecular complexity index is 566. The molecule has 8 heteroatoms. The minimum atomic E-state index is -3.83. The highest BCUT2D eigenvalue weighted by Gasteiger charge is 2.18. The maximum Gasteiger partial charge on any atom is 0.268 e. The van der Waals surface area contributed by atoms with Gasteiger partial charge in [-0.25, -0.2) is 8.42 Å². The fourth-order valence-corrected chi connectivity index (χ4v) is 2.33. The van der Waals surface area contributed by atoms with Gasteiger partial charge >= 0.3 is 0 Å². The lowest BCUT2D eigenvalue weighted by molar-refractivity contribution is 0.0879. The lowest BCUT2D eigenvalue weighted by Crippen LogP contribution is -2.29. The normalized spacial score (nSPS) is 11.8. The Hall–Kier alpha value is -1.05. The van der Waals surface area contributed by atoms with Crippen molar-refractivity contribution in [3.05, 3.63) is 18.0 Å². The number of rotatable bonds is 7. The molecular weight excluding hydrogens is 304 g/mol. The molecule has 1 N–H and O–H groups in total. The van der Waals surface area contributed by atoms with Crippen LogP contribution in [0.5, 0.6) is 0 Å². The maximum atomic E-state index is 11.9. The van der Waals surface area contributed by atoms with E-state index in [1.807, 2.05) is 13.8 Å². The summed E-state index contributed by atoms with van der Waals surface area (Å²) in [5, 5.41) is 2.66. The molecule has 1 aromatic rings. The molecule has 0 radical (unpaired) electrons. The van der Waals surface area contributed by atoms with Gasteiger partial charge in [0.15, 0.2) is 0 Å². The van der Waals surface area contributed by atoms with Gasteiger partial charge in [-0.3, -0.25) is 4.79 Å². The minimum absolute atomic E-state index is 0.0946. The molecule has 0 spiro atoms. The van der Waals surface area contributed by atoms with Crippen molar-refractivity contribution < 1.29 is 17.9 Å². The zero-order valence-corrected chi connectivity index (χ0v) is 13.3. The van der Waals surface area contributed by atoms with Crippen LogP contribution in [-0.4, -0.2) is 38.7 Å². The van der Waals surface area contributed by atoms with Crippen molar-refractivity contribution in [3.8, 4) is 0 Å². The third kappa shape index (κ3) is 5.15. The van der Waals surface area contributed by atoms with Crippen molar-refractivity contribution >= 4 is 25.6 Å². The molecule has 0 aromatic carbocycles. The number of aromatic nitrogens is 1. The number of halogens is 1. The van der Waals surface area contributed by atoms with Crippen molar-refractivity contribution in [1.29, 1.82) is 0 Å². The molecule has 1 aromatic heterocycles. The SMILES string of the molecule is CC(C)COCCNC(=O)c1cc(S(=O)(=O)Cl)cn1C. The molecule has 1 heterocycles. The van der Waals surface area contributed by atoms with E-state index in [1.165, 1.54) is 16.8 Å². The van der Waals surface area contributed by atoms with Gasteiger partial charge < -0.3 is 14.6 Å². The van der Waals surface area contributed by atoms with Gasteiger partial charge in [0.2, 0.25) is 0 Å². The molecule has 0 atom stereocenters. The van der Waals surface area contributed by atoms with Gasteiger partial charge in [-0.15, -0.1) is 0 Å². The van der Waals surface area contributed by atoms with Crippen molar-refractivity contribution in [2.24, 2.45) is 13.0 Å². The number of ether oxygens (including phenoxy) is 1. The molecule has 6 nitrogen and oxygen atoms in total. The van der Waals surface area contributed by atoms with Gasteiger partial charge in [-0.2, -0.15) is 0 Å². The summed E-state index contributed by atoms with van der Waals surface area (Å²) in [5.41, 5.74) is 0.230. The van der Waals surface area contributed by atoms with Crippen LogP contribution in [0, 0.1) is 5.92 Å². The Morgan fingerprint density at radius 3 is 2.65 bits per heavy atom. The van der Waals surface area contributed by atoms with Gasteiger partial charge in [0.25, 0.3) is 15.0 Å². The van der Waals surface area contributed by atoms with Gasteiger partial charge in [0, 0.05) is 37.1 Å². The third-order valence-corrected chi connectivity index (χ3v) is 3.80. The molecule has 0 fully saturated rings. The monoisotopic (exact) mass is 322 g/mol. The number of carbonyl (C=O) groups is 1. The number of hydrogen-bond donors (Lipinski definition) is 1. The molecule has 0 aliphatic rings. The average Bonchev–Trinajstić information content (AvgIpc) is 2.70. The lowest BCUT2D eigenvalue weighted by Gasteiger charge is -2.08. The van der Waals surface area contributed by atoms with Crippen molar-refractivity contribution in [2.75, 3.05) is 19.8 Å². The molecule has 0 aliphatic heterocycles. The highest BCUT2D eigenvalue weighted by Crippen LogP contribution is 2.17. The fourth-order valence-electron chi connectivity index (χ4n) is 1.54. The van der Waals surface area contributed by atoms with E-state index in [0.29, 0.717) is 25.7 Å². The number of carbonyl (C=O) groups excluding carboxylic acids is 1. The summed E-state index contributed by atoms with van der Waals surface area (Å²) in [7, 11) is 2.98. The van der Waals surface area contributed by atoms with E-state index in [9.17, 15) is 13.2 Å². The number of amides is 1. The van der Waals surface area contributed by atoms with E-state index in [2.05, 4.69) is 5.32 Å². The number of aryl methyl sites for hydroxylation is 1. The molecule has 0 unspecified atom stereocenters. The maximum absolute atomic E-state index is 11.9. The number of hydrogen-bond acceptors (Lipinski definition) is 4. The Kier molecular flexibility index (Phi) is 6.04. The predicted octanol–water partition coefficient (Wildman–Crippen LogP) is 1.36. The van der Waals surface area contributed by atoms with Gasteiger partial charge in [-0.1, -0.05) is 13.8 Å².